The first-order valence-corrected chi connectivity index (χ1v) is 5.66. The molecule has 0 atom stereocenters. The average Bonchev–Trinajstić information content (AvgIpc) is 2.71. The minimum Gasteiger partial charge on any atom is -0.480 e. The highest BCUT2D eigenvalue weighted by Gasteiger charge is 2.10. The van der Waals surface area contributed by atoms with E-state index in [0.29, 0.717) is 6.61 Å². The zero-order chi connectivity index (χ0) is 11.4. The summed E-state index contributed by atoms with van der Waals surface area (Å²) in [5.74, 6) is -0.908. The molecular formula is C13H16O3. The van der Waals surface area contributed by atoms with Crippen LogP contribution in [0.5, 0.6) is 0 Å². The van der Waals surface area contributed by atoms with Crippen molar-refractivity contribution >= 4 is 5.97 Å². The minimum atomic E-state index is -0.908. The standard InChI is InChI=1S/C13H16O3/c14-13(15)9-16-7-6-10-4-5-11-2-1-3-12(11)8-10/h4-5,8H,1-3,6-7,9H2,(H,14,15). The maximum atomic E-state index is 10.2. The highest BCUT2D eigenvalue weighted by molar-refractivity contribution is 5.67. The van der Waals surface area contributed by atoms with Crippen LogP contribution in [0.15, 0.2) is 18.2 Å². The van der Waals surface area contributed by atoms with Crippen molar-refractivity contribution in [2.24, 2.45) is 0 Å². The Morgan fingerprint density at radius 3 is 2.94 bits per heavy atom. The molecule has 2 rings (SSSR count). The lowest BCUT2D eigenvalue weighted by Crippen LogP contribution is -2.09. The number of ether oxygens (including phenoxy) is 1. The van der Waals surface area contributed by atoms with Crippen molar-refractivity contribution in [2.75, 3.05) is 13.2 Å². The predicted octanol–water partition coefficient (Wildman–Crippen LogP) is 1.82. The number of hydrogen-bond donors (Lipinski definition) is 1. The van der Waals surface area contributed by atoms with Gasteiger partial charge < -0.3 is 9.84 Å². The first-order chi connectivity index (χ1) is 7.75. The number of carboxylic acids is 1. The Hall–Kier alpha value is -1.35. The Morgan fingerprint density at radius 1 is 1.31 bits per heavy atom. The molecule has 0 fully saturated rings. The fourth-order valence-corrected chi connectivity index (χ4v) is 2.13. The molecule has 0 saturated carbocycles. The van der Waals surface area contributed by atoms with Gasteiger partial charge in [-0.05, 0) is 42.4 Å². The number of carbonyl (C=O) groups is 1. The van der Waals surface area contributed by atoms with Gasteiger partial charge in [0.25, 0.3) is 0 Å². The Bertz CT molecular complexity index is 385. The van der Waals surface area contributed by atoms with Gasteiger partial charge in [-0.25, -0.2) is 4.79 Å². The Kier molecular flexibility index (Phi) is 3.57. The summed E-state index contributed by atoms with van der Waals surface area (Å²) >= 11 is 0. The van der Waals surface area contributed by atoms with E-state index >= 15 is 0 Å². The zero-order valence-electron chi connectivity index (χ0n) is 9.24. The Balaban J connectivity index is 1.83. The molecule has 3 heteroatoms. The number of benzene rings is 1. The molecule has 0 heterocycles. The number of aliphatic carboxylic acids is 1. The summed E-state index contributed by atoms with van der Waals surface area (Å²) in [5.41, 5.74) is 4.16. The molecule has 0 unspecified atom stereocenters. The third-order valence-electron chi connectivity index (χ3n) is 2.92. The second-order valence-corrected chi connectivity index (χ2v) is 4.15. The van der Waals surface area contributed by atoms with Crippen LogP contribution in [0.25, 0.3) is 0 Å². The van der Waals surface area contributed by atoms with Gasteiger partial charge in [-0.3, -0.25) is 0 Å². The molecule has 0 amide bonds. The average molecular weight is 220 g/mol. The van der Waals surface area contributed by atoms with Crippen LogP contribution in [0.1, 0.15) is 23.1 Å². The summed E-state index contributed by atoms with van der Waals surface area (Å²) in [6.45, 7) is 0.274. The second kappa shape index (κ2) is 5.12. The number of carboxylic acid groups (broad SMARTS) is 1. The van der Waals surface area contributed by atoms with E-state index in [1.54, 1.807) is 0 Å². The van der Waals surface area contributed by atoms with Crippen molar-refractivity contribution in [3.8, 4) is 0 Å². The third kappa shape index (κ3) is 2.83. The van der Waals surface area contributed by atoms with Gasteiger partial charge in [0.1, 0.15) is 6.61 Å². The van der Waals surface area contributed by atoms with Gasteiger partial charge in [0, 0.05) is 0 Å². The van der Waals surface area contributed by atoms with Crippen LogP contribution in [-0.4, -0.2) is 24.3 Å². The van der Waals surface area contributed by atoms with Gasteiger partial charge >= 0.3 is 5.97 Å². The normalized spacial score (nSPS) is 13.8. The third-order valence-corrected chi connectivity index (χ3v) is 2.92. The summed E-state index contributed by atoms with van der Waals surface area (Å²) < 4.78 is 5.02. The molecule has 1 aromatic carbocycles. The van der Waals surface area contributed by atoms with Crippen molar-refractivity contribution < 1.29 is 14.6 Å². The van der Waals surface area contributed by atoms with E-state index in [4.69, 9.17) is 9.84 Å². The van der Waals surface area contributed by atoms with Crippen molar-refractivity contribution in [1.82, 2.24) is 0 Å². The summed E-state index contributed by atoms with van der Waals surface area (Å²) in [7, 11) is 0. The number of fused-ring (bicyclic) bond motifs is 1. The van der Waals surface area contributed by atoms with Crippen molar-refractivity contribution in [2.45, 2.75) is 25.7 Å². The lowest BCUT2D eigenvalue weighted by Gasteiger charge is -2.05. The van der Waals surface area contributed by atoms with Crippen LogP contribution in [0.4, 0.5) is 0 Å². The monoisotopic (exact) mass is 220 g/mol. The van der Waals surface area contributed by atoms with Crippen molar-refractivity contribution in [1.29, 1.82) is 0 Å². The molecule has 16 heavy (non-hydrogen) atoms. The summed E-state index contributed by atoms with van der Waals surface area (Å²) in [6.07, 6.45) is 4.43. The predicted molar refractivity (Wildman–Crippen MR) is 60.6 cm³/mol. The number of rotatable bonds is 5. The summed E-state index contributed by atoms with van der Waals surface area (Å²) in [4.78, 5) is 10.2. The van der Waals surface area contributed by atoms with Crippen LogP contribution >= 0.6 is 0 Å². The summed E-state index contributed by atoms with van der Waals surface area (Å²) in [6, 6.07) is 6.54. The molecule has 1 aliphatic rings. The van der Waals surface area contributed by atoms with Gasteiger partial charge in [0.05, 0.1) is 6.61 Å². The molecule has 1 N–H and O–H groups in total. The first-order valence-electron chi connectivity index (χ1n) is 5.66. The van der Waals surface area contributed by atoms with Crippen LogP contribution < -0.4 is 0 Å². The van der Waals surface area contributed by atoms with E-state index in [1.165, 1.54) is 36.0 Å². The SMILES string of the molecule is O=C(O)COCCc1ccc2c(c1)CCC2. The highest BCUT2D eigenvalue weighted by atomic mass is 16.5. The first kappa shape index (κ1) is 11.1. The largest absolute Gasteiger partial charge is 0.480 e. The Labute approximate surface area is 95.0 Å². The molecule has 0 radical (unpaired) electrons. The second-order valence-electron chi connectivity index (χ2n) is 4.15. The number of hydrogen-bond acceptors (Lipinski definition) is 2. The van der Waals surface area contributed by atoms with E-state index < -0.39 is 5.97 Å². The van der Waals surface area contributed by atoms with Gasteiger partial charge in [0.15, 0.2) is 0 Å². The van der Waals surface area contributed by atoms with Gasteiger partial charge in [0.2, 0.25) is 0 Å². The van der Waals surface area contributed by atoms with E-state index in [-0.39, 0.29) is 6.61 Å². The van der Waals surface area contributed by atoms with Crippen LogP contribution in [0, 0.1) is 0 Å². The van der Waals surface area contributed by atoms with E-state index in [2.05, 4.69) is 18.2 Å². The van der Waals surface area contributed by atoms with Crippen LogP contribution in [-0.2, 0) is 28.8 Å². The van der Waals surface area contributed by atoms with E-state index in [9.17, 15) is 4.79 Å². The molecule has 86 valence electrons. The molecule has 1 aliphatic carbocycles. The molecule has 3 nitrogen and oxygen atoms in total. The maximum absolute atomic E-state index is 10.2. The molecule has 0 spiro atoms. The van der Waals surface area contributed by atoms with E-state index in [0.717, 1.165) is 6.42 Å². The fraction of sp³-hybridized carbons (Fsp3) is 0.462. The number of aryl methyl sites for hydroxylation is 2. The van der Waals surface area contributed by atoms with Crippen molar-refractivity contribution in [3.63, 3.8) is 0 Å². The van der Waals surface area contributed by atoms with Gasteiger partial charge in [-0.15, -0.1) is 0 Å². The molecule has 0 aromatic heterocycles. The van der Waals surface area contributed by atoms with Gasteiger partial charge in [-0.1, -0.05) is 18.2 Å². The molecule has 0 aliphatic heterocycles. The topological polar surface area (TPSA) is 46.5 Å². The zero-order valence-corrected chi connectivity index (χ0v) is 9.24. The van der Waals surface area contributed by atoms with Crippen LogP contribution in [0.3, 0.4) is 0 Å². The Morgan fingerprint density at radius 2 is 2.12 bits per heavy atom. The maximum Gasteiger partial charge on any atom is 0.329 e. The smallest absolute Gasteiger partial charge is 0.329 e. The van der Waals surface area contributed by atoms with Gasteiger partial charge in [-0.2, -0.15) is 0 Å². The molecular weight excluding hydrogens is 204 g/mol. The quantitative estimate of drug-likeness (QED) is 0.770. The summed E-state index contributed by atoms with van der Waals surface area (Å²) in [5, 5.41) is 8.41. The lowest BCUT2D eigenvalue weighted by molar-refractivity contribution is -0.142. The highest BCUT2D eigenvalue weighted by Crippen LogP contribution is 2.22. The van der Waals surface area contributed by atoms with E-state index in [1.807, 2.05) is 0 Å². The molecule has 0 saturated heterocycles. The molecule has 0 bridgehead atoms. The van der Waals surface area contributed by atoms with Crippen LogP contribution in [0.2, 0.25) is 0 Å². The lowest BCUT2D eigenvalue weighted by atomic mass is 10.0. The fourth-order valence-electron chi connectivity index (χ4n) is 2.13. The molecule has 1 aromatic rings. The minimum absolute atomic E-state index is 0.203. The van der Waals surface area contributed by atoms with Crippen molar-refractivity contribution in [3.05, 3.63) is 34.9 Å².